The predicted molar refractivity (Wildman–Crippen MR) is 101 cm³/mol. The van der Waals surface area contributed by atoms with Crippen molar-refractivity contribution in [3.8, 4) is 11.5 Å². The smallest absolute Gasteiger partial charge is 0.307 e. The largest absolute Gasteiger partial charge is 0.493 e. The number of amides is 1. The van der Waals surface area contributed by atoms with Crippen LogP contribution < -0.4 is 9.47 Å². The SMILES string of the molecule is CCCCCN(CCC(=O)OC)C(=O)/C=C/c1ccc(OC)c(OC)c1. The number of esters is 1. The standard InChI is InChI=1S/C20H29NO5/c1-5-6-7-13-21(14-12-20(23)26-4)19(22)11-9-16-8-10-17(24-2)18(15-16)25-3/h8-11,15H,5-7,12-14H2,1-4H3/b11-9+. The van der Waals surface area contributed by atoms with E-state index in [1.54, 1.807) is 37.3 Å². The van der Waals surface area contributed by atoms with E-state index in [1.165, 1.54) is 13.2 Å². The molecule has 0 heterocycles. The molecule has 144 valence electrons. The fourth-order valence-electron chi connectivity index (χ4n) is 2.44. The average molecular weight is 363 g/mol. The Hall–Kier alpha value is -2.50. The van der Waals surface area contributed by atoms with E-state index in [9.17, 15) is 9.59 Å². The van der Waals surface area contributed by atoms with Crippen molar-refractivity contribution >= 4 is 18.0 Å². The number of hydrogen-bond acceptors (Lipinski definition) is 5. The van der Waals surface area contributed by atoms with Gasteiger partial charge in [0.05, 0.1) is 27.8 Å². The van der Waals surface area contributed by atoms with Gasteiger partial charge < -0.3 is 19.1 Å². The summed E-state index contributed by atoms with van der Waals surface area (Å²) in [5.41, 5.74) is 0.831. The summed E-state index contributed by atoms with van der Waals surface area (Å²) in [6, 6.07) is 5.44. The van der Waals surface area contributed by atoms with Crippen LogP contribution in [0.15, 0.2) is 24.3 Å². The maximum atomic E-state index is 12.5. The first kappa shape index (κ1) is 21.5. The van der Waals surface area contributed by atoms with Crippen molar-refractivity contribution in [2.45, 2.75) is 32.6 Å². The van der Waals surface area contributed by atoms with Crippen LogP contribution in [0, 0.1) is 0 Å². The lowest BCUT2D eigenvalue weighted by atomic mass is 10.1. The number of methoxy groups -OCH3 is 3. The minimum absolute atomic E-state index is 0.125. The van der Waals surface area contributed by atoms with Crippen LogP contribution in [0.1, 0.15) is 38.2 Å². The van der Waals surface area contributed by atoms with Gasteiger partial charge in [-0.2, -0.15) is 0 Å². The van der Waals surface area contributed by atoms with E-state index in [4.69, 9.17) is 9.47 Å². The van der Waals surface area contributed by atoms with Crippen molar-refractivity contribution in [1.29, 1.82) is 0 Å². The third-order valence-corrected chi connectivity index (χ3v) is 3.98. The number of carbonyl (C=O) groups is 2. The first-order valence-electron chi connectivity index (χ1n) is 8.81. The zero-order valence-electron chi connectivity index (χ0n) is 16.1. The molecule has 1 aromatic carbocycles. The number of carbonyl (C=O) groups excluding carboxylic acids is 2. The monoisotopic (exact) mass is 363 g/mol. The van der Waals surface area contributed by atoms with Crippen molar-refractivity contribution in [2.24, 2.45) is 0 Å². The van der Waals surface area contributed by atoms with E-state index in [1.807, 2.05) is 6.07 Å². The molecule has 0 aliphatic heterocycles. The van der Waals surface area contributed by atoms with Gasteiger partial charge in [0.15, 0.2) is 11.5 Å². The maximum absolute atomic E-state index is 12.5. The highest BCUT2D eigenvalue weighted by atomic mass is 16.5. The molecule has 1 amide bonds. The quantitative estimate of drug-likeness (QED) is 0.343. The van der Waals surface area contributed by atoms with Gasteiger partial charge in [-0.3, -0.25) is 9.59 Å². The molecule has 6 nitrogen and oxygen atoms in total. The van der Waals surface area contributed by atoms with Crippen LogP contribution in [-0.2, 0) is 14.3 Å². The number of unbranched alkanes of at least 4 members (excludes halogenated alkanes) is 2. The van der Waals surface area contributed by atoms with E-state index in [2.05, 4.69) is 11.7 Å². The Morgan fingerprint density at radius 2 is 1.77 bits per heavy atom. The molecule has 0 radical (unpaired) electrons. The molecular weight excluding hydrogens is 334 g/mol. The Labute approximate surface area is 155 Å². The Morgan fingerprint density at radius 3 is 2.38 bits per heavy atom. The summed E-state index contributed by atoms with van der Waals surface area (Å²) in [6.45, 7) is 3.09. The highest BCUT2D eigenvalue weighted by Gasteiger charge is 2.13. The average Bonchev–Trinajstić information content (AvgIpc) is 2.67. The van der Waals surface area contributed by atoms with E-state index >= 15 is 0 Å². The lowest BCUT2D eigenvalue weighted by Gasteiger charge is -2.20. The maximum Gasteiger partial charge on any atom is 0.307 e. The third-order valence-electron chi connectivity index (χ3n) is 3.98. The van der Waals surface area contributed by atoms with Crippen molar-refractivity contribution < 1.29 is 23.8 Å². The van der Waals surface area contributed by atoms with Crippen LogP contribution in [0.4, 0.5) is 0 Å². The molecule has 1 rings (SSSR count). The fraction of sp³-hybridized carbons (Fsp3) is 0.500. The van der Waals surface area contributed by atoms with Crippen LogP contribution in [-0.4, -0.2) is 51.2 Å². The highest BCUT2D eigenvalue weighted by molar-refractivity contribution is 5.92. The lowest BCUT2D eigenvalue weighted by Crippen LogP contribution is -2.32. The van der Waals surface area contributed by atoms with Crippen LogP contribution in [0.2, 0.25) is 0 Å². The summed E-state index contributed by atoms with van der Waals surface area (Å²) in [5, 5.41) is 0. The van der Waals surface area contributed by atoms with Gasteiger partial charge in [0, 0.05) is 19.2 Å². The van der Waals surface area contributed by atoms with Crippen molar-refractivity contribution in [3.05, 3.63) is 29.8 Å². The molecule has 0 spiro atoms. The van der Waals surface area contributed by atoms with Gasteiger partial charge in [0.2, 0.25) is 5.91 Å². The predicted octanol–water partition coefficient (Wildman–Crippen LogP) is 3.30. The summed E-state index contributed by atoms with van der Waals surface area (Å²) in [5.74, 6) is 0.796. The molecule has 1 aromatic rings. The molecule has 0 bridgehead atoms. The van der Waals surface area contributed by atoms with E-state index in [0.29, 0.717) is 24.6 Å². The van der Waals surface area contributed by atoms with Gasteiger partial charge in [-0.05, 0) is 30.2 Å². The molecule has 0 saturated heterocycles. The normalized spacial score (nSPS) is 10.6. The Kier molecular flexibility index (Phi) is 9.90. The van der Waals surface area contributed by atoms with Crippen molar-refractivity contribution in [1.82, 2.24) is 4.90 Å². The number of benzene rings is 1. The van der Waals surface area contributed by atoms with Crippen LogP contribution in [0.5, 0.6) is 11.5 Å². The molecule has 0 fully saturated rings. The number of nitrogens with zero attached hydrogens (tertiary/aromatic N) is 1. The molecule has 0 saturated carbocycles. The molecular formula is C20H29NO5. The summed E-state index contributed by atoms with van der Waals surface area (Å²) < 4.78 is 15.1. The molecule has 0 aliphatic carbocycles. The first-order chi connectivity index (χ1) is 12.5. The summed E-state index contributed by atoms with van der Waals surface area (Å²) in [4.78, 5) is 25.6. The number of ether oxygens (including phenoxy) is 3. The minimum atomic E-state index is -0.317. The minimum Gasteiger partial charge on any atom is -0.493 e. The van der Waals surface area contributed by atoms with E-state index < -0.39 is 0 Å². The van der Waals surface area contributed by atoms with Gasteiger partial charge in [-0.25, -0.2) is 0 Å². The summed E-state index contributed by atoms with van der Waals surface area (Å²) >= 11 is 0. The lowest BCUT2D eigenvalue weighted by molar-refractivity contribution is -0.141. The molecule has 0 N–H and O–H groups in total. The molecule has 0 unspecified atom stereocenters. The highest BCUT2D eigenvalue weighted by Crippen LogP contribution is 2.27. The van der Waals surface area contributed by atoms with Crippen LogP contribution >= 0.6 is 0 Å². The van der Waals surface area contributed by atoms with Crippen molar-refractivity contribution in [2.75, 3.05) is 34.4 Å². The molecule has 0 aromatic heterocycles. The topological polar surface area (TPSA) is 65.1 Å². The molecule has 0 aliphatic rings. The summed E-state index contributed by atoms with van der Waals surface area (Å²) in [7, 11) is 4.49. The third kappa shape index (κ3) is 7.17. The van der Waals surface area contributed by atoms with E-state index in [0.717, 1.165) is 24.8 Å². The fourth-order valence-corrected chi connectivity index (χ4v) is 2.44. The zero-order valence-corrected chi connectivity index (χ0v) is 16.1. The second-order valence-corrected chi connectivity index (χ2v) is 5.81. The Balaban J connectivity index is 2.79. The molecule has 0 atom stereocenters. The number of rotatable bonds is 11. The van der Waals surface area contributed by atoms with Gasteiger partial charge in [-0.15, -0.1) is 0 Å². The van der Waals surface area contributed by atoms with Crippen LogP contribution in [0.3, 0.4) is 0 Å². The van der Waals surface area contributed by atoms with Crippen LogP contribution in [0.25, 0.3) is 6.08 Å². The Bertz CT molecular complexity index is 612. The molecule has 6 heteroatoms. The van der Waals surface area contributed by atoms with E-state index in [-0.39, 0.29) is 18.3 Å². The molecule has 26 heavy (non-hydrogen) atoms. The van der Waals surface area contributed by atoms with Gasteiger partial charge in [0.1, 0.15) is 0 Å². The second kappa shape index (κ2) is 12.0. The first-order valence-corrected chi connectivity index (χ1v) is 8.81. The number of hydrogen-bond donors (Lipinski definition) is 0. The summed E-state index contributed by atoms with van der Waals surface area (Å²) in [6.07, 6.45) is 6.47. The second-order valence-electron chi connectivity index (χ2n) is 5.81. The van der Waals surface area contributed by atoms with Gasteiger partial charge in [0.25, 0.3) is 0 Å². The zero-order chi connectivity index (χ0) is 19.4. The Morgan fingerprint density at radius 1 is 1.04 bits per heavy atom. The van der Waals surface area contributed by atoms with Gasteiger partial charge >= 0.3 is 5.97 Å². The van der Waals surface area contributed by atoms with Gasteiger partial charge in [-0.1, -0.05) is 25.8 Å². The van der Waals surface area contributed by atoms with Crippen molar-refractivity contribution in [3.63, 3.8) is 0 Å².